The molecule has 1 fully saturated rings. The second-order valence-electron chi connectivity index (χ2n) is 7.46. The third kappa shape index (κ3) is 4.19. The number of hydrogen-bond donors (Lipinski definition) is 1. The van der Waals surface area contributed by atoms with Gasteiger partial charge in [-0.2, -0.15) is 0 Å². The van der Waals surface area contributed by atoms with E-state index in [9.17, 15) is 9.18 Å². The molecule has 2 aromatic heterocycles. The van der Waals surface area contributed by atoms with Crippen LogP contribution in [0, 0.1) is 19.7 Å². The van der Waals surface area contributed by atoms with Crippen molar-refractivity contribution in [3.05, 3.63) is 75.5 Å². The molecular weight excluding hydrogens is 401 g/mol. The van der Waals surface area contributed by atoms with Gasteiger partial charge in [0.05, 0.1) is 30.5 Å². The molecule has 0 aliphatic carbocycles. The maximum atomic E-state index is 14.3. The quantitative estimate of drug-likeness (QED) is 0.644. The molecule has 1 saturated heterocycles. The first-order valence-electron chi connectivity index (χ1n) is 10.1. The highest BCUT2D eigenvalue weighted by molar-refractivity contribution is 7.10. The summed E-state index contributed by atoms with van der Waals surface area (Å²) in [6, 6.07) is 12.7. The fourth-order valence-corrected chi connectivity index (χ4v) is 4.92. The third-order valence-corrected chi connectivity index (χ3v) is 6.56. The largest absolute Gasteiger partial charge is 0.379 e. The molecule has 1 aromatic carbocycles. The summed E-state index contributed by atoms with van der Waals surface area (Å²) in [4.78, 5) is 16.6. The standard InChI is InChI=1S/C23H26FN3O2S/c1-16-14-18(17(2)27(16)20-7-4-3-6-19(20)24)23(28)25-15-21(22-8-5-13-30-22)26-9-11-29-12-10-26/h3-8,13-14,21H,9-12,15H2,1-2H3,(H,25,28)/t21-/m0/s1. The second-order valence-corrected chi connectivity index (χ2v) is 8.44. The summed E-state index contributed by atoms with van der Waals surface area (Å²) in [5.41, 5.74) is 2.58. The highest BCUT2D eigenvalue weighted by Gasteiger charge is 2.25. The summed E-state index contributed by atoms with van der Waals surface area (Å²) < 4.78 is 21.6. The van der Waals surface area contributed by atoms with Gasteiger partial charge in [0, 0.05) is 35.9 Å². The van der Waals surface area contributed by atoms with Crippen LogP contribution < -0.4 is 5.32 Å². The molecule has 5 nitrogen and oxygen atoms in total. The van der Waals surface area contributed by atoms with E-state index in [-0.39, 0.29) is 17.8 Å². The van der Waals surface area contributed by atoms with Crippen molar-refractivity contribution in [3.63, 3.8) is 0 Å². The number of aromatic nitrogens is 1. The molecule has 1 aliphatic rings. The maximum absolute atomic E-state index is 14.3. The number of para-hydroxylation sites is 1. The fraction of sp³-hybridized carbons (Fsp3) is 0.348. The van der Waals surface area contributed by atoms with Crippen molar-refractivity contribution in [1.29, 1.82) is 0 Å². The first-order chi connectivity index (χ1) is 14.6. The van der Waals surface area contributed by atoms with Gasteiger partial charge in [-0.05, 0) is 43.5 Å². The molecule has 7 heteroatoms. The highest BCUT2D eigenvalue weighted by atomic mass is 32.1. The maximum Gasteiger partial charge on any atom is 0.253 e. The fourth-order valence-electron chi connectivity index (χ4n) is 4.06. The monoisotopic (exact) mass is 427 g/mol. The van der Waals surface area contributed by atoms with E-state index in [0.717, 1.165) is 24.5 Å². The molecule has 0 radical (unpaired) electrons. The lowest BCUT2D eigenvalue weighted by Crippen LogP contribution is -2.43. The Morgan fingerprint density at radius 2 is 1.97 bits per heavy atom. The van der Waals surface area contributed by atoms with Crippen molar-refractivity contribution in [2.24, 2.45) is 0 Å². The number of morpholine rings is 1. The van der Waals surface area contributed by atoms with Gasteiger partial charge in [-0.3, -0.25) is 9.69 Å². The lowest BCUT2D eigenvalue weighted by molar-refractivity contribution is 0.0169. The van der Waals surface area contributed by atoms with Crippen LogP contribution in [0.25, 0.3) is 5.69 Å². The lowest BCUT2D eigenvalue weighted by atomic mass is 10.1. The summed E-state index contributed by atoms with van der Waals surface area (Å²) in [6.07, 6.45) is 0. The predicted molar refractivity (Wildman–Crippen MR) is 117 cm³/mol. The van der Waals surface area contributed by atoms with Gasteiger partial charge in [0.2, 0.25) is 0 Å². The Morgan fingerprint density at radius 3 is 2.67 bits per heavy atom. The van der Waals surface area contributed by atoms with Crippen LogP contribution in [0.2, 0.25) is 0 Å². The number of nitrogens with one attached hydrogen (secondary N) is 1. The van der Waals surface area contributed by atoms with Crippen LogP contribution in [-0.2, 0) is 4.74 Å². The normalized spacial score (nSPS) is 15.8. The van der Waals surface area contributed by atoms with E-state index < -0.39 is 0 Å². The van der Waals surface area contributed by atoms with E-state index in [2.05, 4.69) is 21.7 Å². The minimum absolute atomic E-state index is 0.118. The Bertz CT molecular complexity index is 1010. The lowest BCUT2D eigenvalue weighted by Gasteiger charge is -2.34. The zero-order valence-electron chi connectivity index (χ0n) is 17.2. The zero-order valence-corrected chi connectivity index (χ0v) is 18.0. The Hall–Kier alpha value is -2.48. The number of aryl methyl sites for hydroxylation is 1. The van der Waals surface area contributed by atoms with Crippen LogP contribution in [0.1, 0.15) is 32.7 Å². The van der Waals surface area contributed by atoms with Gasteiger partial charge >= 0.3 is 0 Å². The molecule has 0 saturated carbocycles. The summed E-state index contributed by atoms with van der Waals surface area (Å²) in [5.74, 6) is -0.447. The van der Waals surface area contributed by atoms with Crippen molar-refractivity contribution < 1.29 is 13.9 Å². The number of carbonyl (C=O) groups excluding carboxylic acids is 1. The average Bonchev–Trinajstić information content (AvgIpc) is 3.38. The third-order valence-electron chi connectivity index (χ3n) is 5.58. The first kappa shape index (κ1) is 20.8. The molecule has 3 heterocycles. The van der Waals surface area contributed by atoms with Gasteiger partial charge in [0.25, 0.3) is 5.91 Å². The minimum atomic E-state index is -0.309. The molecule has 3 aromatic rings. The molecule has 158 valence electrons. The van der Waals surface area contributed by atoms with E-state index >= 15 is 0 Å². The summed E-state index contributed by atoms with van der Waals surface area (Å²) in [6.45, 7) is 7.37. The molecule has 0 unspecified atom stereocenters. The van der Waals surface area contributed by atoms with E-state index in [4.69, 9.17) is 4.74 Å². The Balaban J connectivity index is 1.53. The number of hydrogen-bond acceptors (Lipinski definition) is 4. The molecule has 0 bridgehead atoms. The second kappa shape index (κ2) is 9.12. The average molecular weight is 428 g/mol. The summed E-state index contributed by atoms with van der Waals surface area (Å²) in [5, 5.41) is 5.17. The number of thiophene rings is 1. The van der Waals surface area contributed by atoms with Gasteiger partial charge in [-0.15, -0.1) is 11.3 Å². The van der Waals surface area contributed by atoms with Crippen LogP contribution in [0.3, 0.4) is 0 Å². The first-order valence-corrected chi connectivity index (χ1v) is 11.0. The number of halogens is 1. The molecule has 4 rings (SSSR count). The molecule has 1 amide bonds. The van der Waals surface area contributed by atoms with Gasteiger partial charge < -0.3 is 14.6 Å². The Morgan fingerprint density at radius 1 is 1.20 bits per heavy atom. The number of nitrogens with zero attached hydrogens (tertiary/aromatic N) is 2. The molecule has 1 aliphatic heterocycles. The topological polar surface area (TPSA) is 46.5 Å². The Kier molecular flexibility index (Phi) is 6.32. The molecular formula is C23H26FN3O2S. The van der Waals surface area contributed by atoms with Crippen LogP contribution >= 0.6 is 11.3 Å². The van der Waals surface area contributed by atoms with E-state index in [1.165, 1.54) is 10.9 Å². The number of benzene rings is 1. The van der Waals surface area contributed by atoms with Crippen LogP contribution in [0.15, 0.2) is 47.8 Å². The van der Waals surface area contributed by atoms with Crippen molar-refractivity contribution in [1.82, 2.24) is 14.8 Å². The molecule has 30 heavy (non-hydrogen) atoms. The van der Waals surface area contributed by atoms with Crippen molar-refractivity contribution in [2.45, 2.75) is 19.9 Å². The van der Waals surface area contributed by atoms with E-state index in [0.29, 0.717) is 31.0 Å². The minimum Gasteiger partial charge on any atom is -0.379 e. The number of carbonyl (C=O) groups is 1. The van der Waals surface area contributed by atoms with Crippen LogP contribution in [0.5, 0.6) is 0 Å². The van der Waals surface area contributed by atoms with Crippen molar-refractivity contribution in [2.75, 3.05) is 32.8 Å². The van der Waals surface area contributed by atoms with Gasteiger partial charge in [-0.1, -0.05) is 18.2 Å². The summed E-state index contributed by atoms with van der Waals surface area (Å²) >= 11 is 1.70. The predicted octanol–water partition coefficient (Wildman–Crippen LogP) is 4.10. The number of amides is 1. The molecule has 1 N–H and O–H groups in total. The van der Waals surface area contributed by atoms with E-state index in [1.54, 1.807) is 34.1 Å². The van der Waals surface area contributed by atoms with Gasteiger partial charge in [0.15, 0.2) is 0 Å². The van der Waals surface area contributed by atoms with Crippen molar-refractivity contribution >= 4 is 17.2 Å². The number of rotatable bonds is 6. The van der Waals surface area contributed by atoms with Gasteiger partial charge in [0.1, 0.15) is 5.82 Å². The molecule has 0 spiro atoms. The highest BCUT2D eigenvalue weighted by Crippen LogP contribution is 2.26. The Labute approximate surface area is 180 Å². The van der Waals surface area contributed by atoms with E-state index in [1.807, 2.05) is 26.0 Å². The molecule has 1 atom stereocenters. The zero-order chi connectivity index (χ0) is 21.1. The van der Waals surface area contributed by atoms with Crippen LogP contribution in [0.4, 0.5) is 4.39 Å². The SMILES string of the molecule is Cc1cc(C(=O)NC[C@@H](c2cccs2)N2CCOCC2)c(C)n1-c1ccccc1F. The number of ether oxygens (including phenoxy) is 1. The van der Waals surface area contributed by atoms with Crippen LogP contribution in [-0.4, -0.2) is 48.2 Å². The van der Waals surface area contributed by atoms with Crippen molar-refractivity contribution in [3.8, 4) is 5.69 Å². The van der Waals surface area contributed by atoms with Gasteiger partial charge in [-0.25, -0.2) is 4.39 Å². The smallest absolute Gasteiger partial charge is 0.253 e. The summed E-state index contributed by atoms with van der Waals surface area (Å²) in [7, 11) is 0.